The van der Waals surface area contributed by atoms with Gasteiger partial charge in [0.2, 0.25) is 5.91 Å². The van der Waals surface area contributed by atoms with Gasteiger partial charge >= 0.3 is 11.9 Å². The van der Waals surface area contributed by atoms with Gasteiger partial charge in [0.05, 0.1) is 12.5 Å². The minimum atomic E-state index is -0.608. The average Bonchev–Trinajstić information content (AvgIpc) is 3.35. The van der Waals surface area contributed by atoms with Crippen molar-refractivity contribution in [2.75, 3.05) is 7.11 Å². The molecule has 5 aliphatic carbocycles. The molecule has 1 N–H and O–H groups in total. The minimum Gasteiger partial charge on any atom is -0.467 e. The third-order valence-corrected chi connectivity index (χ3v) is 15.3. The Balaban J connectivity index is 1.49. The summed E-state index contributed by atoms with van der Waals surface area (Å²) in [4.78, 5) is 39.4. The Morgan fingerprint density at radius 2 is 1.53 bits per heavy atom. The van der Waals surface area contributed by atoms with Crippen molar-refractivity contribution in [3.05, 3.63) is 12.2 Å². The Bertz CT molecular complexity index is 1210. The third kappa shape index (κ3) is 5.12. The van der Waals surface area contributed by atoms with Gasteiger partial charge in [0.1, 0.15) is 12.1 Å². The first-order chi connectivity index (χ1) is 20.9. The molecule has 5 aliphatic rings. The molecule has 254 valence electrons. The second-order valence-corrected chi connectivity index (χ2v) is 18.0. The maximum Gasteiger partial charge on any atom is 0.328 e. The Morgan fingerprint density at radius 3 is 2.13 bits per heavy atom. The number of esters is 2. The molecule has 5 fully saturated rings. The highest BCUT2D eigenvalue weighted by Gasteiger charge is 2.72. The number of allylic oxidation sites excluding steroid dienone is 1. The summed E-state index contributed by atoms with van der Waals surface area (Å²) >= 11 is 0. The number of amides is 1. The Hall–Kier alpha value is -1.85. The molecule has 0 aromatic rings. The number of nitrogens with one attached hydrogen (secondary N) is 1. The maximum atomic E-state index is 14.6. The molecule has 0 aliphatic heterocycles. The van der Waals surface area contributed by atoms with E-state index in [2.05, 4.69) is 67.3 Å². The maximum absolute atomic E-state index is 14.6. The van der Waals surface area contributed by atoms with Crippen molar-refractivity contribution in [1.29, 1.82) is 0 Å². The number of ether oxygens (including phenoxy) is 2. The van der Waals surface area contributed by atoms with E-state index in [0.29, 0.717) is 30.1 Å². The predicted molar refractivity (Wildman–Crippen MR) is 178 cm³/mol. The largest absolute Gasteiger partial charge is 0.467 e. The molecule has 5 rings (SSSR count). The molecule has 0 bridgehead atoms. The zero-order valence-corrected chi connectivity index (χ0v) is 30.1. The van der Waals surface area contributed by atoms with Gasteiger partial charge in [-0.15, -0.1) is 0 Å². The zero-order valence-electron chi connectivity index (χ0n) is 30.1. The first kappa shape index (κ1) is 34.5. The molecular weight excluding hydrogens is 562 g/mol. The van der Waals surface area contributed by atoms with Gasteiger partial charge in [-0.2, -0.15) is 0 Å². The second-order valence-electron chi connectivity index (χ2n) is 18.0. The van der Waals surface area contributed by atoms with Crippen LogP contribution in [0.2, 0.25) is 0 Å². The van der Waals surface area contributed by atoms with Crippen molar-refractivity contribution in [1.82, 2.24) is 5.32 Å². The summed E-state index contributed by atoms with van der Waals surface area (Å²) in [6, 6.07) is -0.608. The van der Waals surface area contributed by atoms with Gasteiger partial charge < -0.3 is 14.8 Å². The highest BCUT2D eigenvalue weighted by molar-refractivity contribution is 5.88. The van der Waals surface area contributed by atoms with Crippen molar-refractivity contribution >= 4 is 17.8 Å². The number of hydrogen-bond donors (Lipinski definition) is 1. The van der Waals surface area contributed by atoms with Gasteiger partial charge in [0.15, 0.2) is 0 Å². The highest BCUT2D eigenvalue weighted by atomic mass is 16.5. The van der Waals surface area contributed by atoms with Crippen molar-refractivity contribution < 1.29 is 23.9 Å². The Labute approximate surface area is 273 Å². The van der Waals surface area contributed by atoms with Gasteiger partial charge in [0.25, 0.3) is 0 Å². The summed E-state index contributed by atoms with van der Waals surface area (Å²) < 4.78 is 11.1. The number of fused-ring (bicyclic) bond motifs is 7. The predicted octanol–water partition coefficient (Wildman–Crippen LogP) is 8.28. The number of methoxy groups -OCH3 is 1. The molecule has 1 unspecified atom stereocenters. The number of hydrogen-bond acceptors (Lipinski definition) is 5. The van der Waals surface area contributed by atoms with E-state index >= 15 is 0 Å². The van der Waals surface area contributed by atoms with Gasteiger partial charge in [-0.05, 0) is 129 Å². The van der Waals surface area contributed by atoms with Crippen LogP contribution >= 0.6 is 0 Å². The lowest BCUT2D eigenvalue weighted by Crippen LogP contribution is -2.67. The molecule has 11 atom stereocenters. The van der Waals surface area contributed by atoms with E-state index in [-0.39, 0.29) is 57.4 Å². The van der Waals surface area contributed by atoms with Crippen LogP contribution in [0.4, 0.5) is 0 Å². The molecule has 1 amide bonds. The van der Waals surface area contributed by atoms with Gasteiger partial charge in [-0.3, -0.25) is 9.59 Å². The van der Waals surface area contributed by atoms with Gasteiger partial charge in [0, 0.05) is 12.3 Å². The third-order valence-electron chi connectivity index (χ3n) is 15.3. The topological polar surface area (TPSA) is 81.7 Å². The number of rotatable bonds is 7. The smallest absolute Gasteiger partial charge is 0.328 e. The summed E-state index contributed by atoms with van der Waals surface area (Å²) in [6.07, 6.45) is 11.1. The monoisotopic (exact) mass is 625 g/mol. The molecule has 0 aromatic heterocycles. The van der Waals surface area contributed by atoms with E-state index in [4.69, 9.17) is 9.47 Å². The lowest BCUT2D eigenvalue weighted by atomic mass is 9.32. The van der Waals surface area contributed by atoms with Crippen LogP contribution in [-0.4, -0.2) is 37.1 Å². The van der Waals surface area contributed by atoms with Crippen molar-refractivity contribution in [3.63, 3.8) is 0 Å². The first-order valence-corrected chi connectivity index (χ1v) is 18.1. The van der Waals surface area contributed by atoms with E-state index in [9.17, 15) is 14.4 Å². The van der Waals surface area contributed by atoms with Crippen LogP contribution in [0.1, 0.15) is 133 Å². The fourth-order valence-corrected chi connectivity index (χ4v) is 13.1. The van der Waals surface area contributed by atoms with Gasteiger partial charge in [-0.1, -0.05) is 60.6 Å². The van der Waals surface area contributed by atoms with Crippen molar-refractivity contribution in [3.8, 4) is 0 Å². The molecule has 0 heterocycles. The van der Waals surface area contributed by atoms with Crippen LogP contribution in [0.5, 0.6) is 0 Å². The molecule has 6 nitrogen and oxygen atoms in total. The SMILES string of the molecule is C=C(C)[C@@H]1CC[C@]2(C(=O)N[C@@H](CC(C)C)C(=O)OC)CC[C@]3(C)[C@H](CCC4[C@@]5(C)CC[C@H](OC(C)=O)C(C)(C)[C@@H]5CC[C@]43C)[C@@H]12. The fraction of sp³-hybridized carbons (Fsp3) is 0.872. The molecule has 45 heavy (non-hydrogen) atoms. The number of carbonyl (C=O) groups is 3. The van der Waals surface area contributed by atoms with Crippen molar-refractivity contribution in [2.24, 2.45) is 62.6 Å². The molecule has 6 heteroatoms. The van der Waals surface area contributed by atoms with Gasteiger partial charge in [-0.25, -0.2) is 4.79 Å². The van der Waals surface area contributed by atoms with Crippen LogP contribution in [-0.2, 0) is 23.9 Å². The molecule has 0 aromatic carbocycles. The van der Waals surface area contributed by atoms with Crippen LogP contribution in [0.25, 0.3) is 0 Å². The summed E-state index contributed by atoms with van der Waals surface area (Å²) in [5.41, 5.74) is 1.17. The molecule has 0 saturated heterocycles. The van der Waals surface area contributed by atoms with Crippen LogP contribution in [0.15, 0.2) is 12.2 Å². The Kier molecular flexibility index (Phi) is 8.96. The second kappa shape index (κ2) is 11.7. The highest BCUT2D eigenvalue weighted by Crippen LogP contribution is 2.77. The van der Waals surface area contributed by atoms with E-state index < -0.39 is 11.5 Å². The van der Waals surface area contributed by atoms with Crippen LogP contribution < -0.4 is 5.32 Å². The molecular formula is C39H63NO5. The summed E-state index contributed by atoms with van der Waals surface area (Å²) in [5.74, 6) is 1.96. The fourth-order valence-electron chi connectivity index (χ4n) is 13.1. The lowest BCUT2D eigenvalue weighted by Gasteiger charge is -2.72. The molecule has 0 spiro atoms. The molecule has 5 saturated carbocycles. The number of carbonyl (C=O) groups excluding carboxylic acids is 3. The summed E-state index contributed by atoms with van der Waals surface area (Å²) in [6.45, 7) is 24.9. The normalized spacial score (nSPS) is 44.0. The quantitative estimate of drug-likeness (QED) is 0.227. The van der Waals surface area contributed by atoms with E-state index in [1.165, 1.54) is 25.5 Å². The zero-order chi connectivity index (χ0) is 33.3. The average molecular weight is 626 g/mol. The van der Waals surface area contributed by atoms with E-state index in [1.54, 1.807) is 6.92 Å². The lowest BCUT2D eigenvalue weighted by molar-refractivity contribution is -0.248. The first-order valence-electron chi connectivity index (χ1n) is 18.1. The summed E-state index contributed by atoms with van der Waals surface area (Å²) in [7, 11) is 1.42. The Morgan fingerprint density at radius 1 is 0.844 bits per heavy atom. The van der Waals surface area contributed by atoms with Crippen LogP contribution in [0.3, 0.4) is 0 Å². The standard InChI is InChI=1S/C39H63NO5/c1-23(2)22-28(33(42)44-11)40-34(43)39-19-14-26(24(3)4)32(39)27-12-13-30-36(8)17-16-31(45-25(5)41)35(6,7)29(36)15-18-38(30,10)37(27,9)20-21-39/h23,26-32H,3,12-22H2,1-2,4-11H3,(H,40,43)/t26-,27+,28-,29-,30?,31-,32+,36-,37+,38+,39-/m0/s1. The minimum absolute atomic E-state index is 0.0162. The van der Waals surface area contributed by atoms with Crippen LogP contribution in [0, 0.1) is 62.6 Å². The molecule has 0 radical (unpaired) electrons. The van der Waals surface area contributed by atoms with E-state index in [0.717, 1.165) is 51.4 Å². The van der Waals surface area contributed by atoms with E-state index in [1.807, 2.05) is 0 Å². The van der Waals surface area contributed by atoms with Crippen molar-refractivity contribution in [2.45, 2.75) is 145 Å². The summed E-state index contributed by atoms with van der Waals surface area (Å²) in [5, 5.41) is 3.26.